The summed E-state index contributed by atoms with van der Waals surface area (Å²) in [7, 11) is 3.41. The molecule has 0 saturated carbocycles. The van der Waals surface area contributed by atoms with Crippen LogP contribution >= 0.6 is 0 Å². The first kappa shape index (κ1) is 11.7. The molecule has 0 heterocycles. The highest BCUT2D eigenvalue weighted by Crippen LogP contribution is 2.37. The van der Waals surface area contributed by atoms with E-state index in [1.54, 1.807) is 14.2 Å². The first-order chi connectivity index (χ1) is 6.83. The molecule has 2 heteroatoms. The van der Waals surface area contributed by atoms with E-state index in [2.05, 4.69) is 13.0 Å². The molecule has 0 bridgehead atoms. The Morgan fingerprint density at radius 2 is 1.93 bits per heavy atom. The topological polar surface area (TPSA) is 18.5 Å². The van der Waals surface area contributed by atoms with Gasteiger partial charge in [-0.2, -0.15) is 0 Å². The maximum absolute atomic E-state index is 5.21. The van der Waals surface area contributed by atoms with Crippen molar-refractivity contribution >= 4 is 0 Å². The average Bonchev–Trinajstić information content (AvgIpc) is 2.95. The van der Waals surface area contributed by atoms with Crippen LogP contribution in [0, 0.1) is 5.92 Å². The van der Waals surface area contributed by atoms with Crippen LogP contribution in [-0.4, -0.2) is 20.5 Å². The summed E-state index contributed by atoms with van der Waals surface area (Å²) >= 11 is 0. The second-order valence-corrected chi connectivity index (χ2v) is 3.92. The van der Waals surface area contributed by atoms with Crippen molar-refractivity contribution in [3.05, 3.63) is 11.6 Å². The highest BCUT2D eigenvalue weighted by atomic mass is 16.7. The van der Waals surface area contributed by atoms with E-state index in [0.717, 1.165) is 0 Å². The lowest BCUT2D eigenvalue weighted by atomic mass is 10.1. The molecule has 0 N–H and O–H groups in total. The molecule has 0 spiro atoms. The standard InChI is InChI=1S/C12H22O2/c1-4-5-6-7-8-10-9-11(10)12(13-2)14-3/h9,11-12H,4-8H2,1-3H3. The van der Waals surface area contributed by atoms with Crippen LogP contribution in [0.25, 0.3) is 0 Å². The Morgan fingerprint density at radius 3 is 2.50 bits per heavy atom. The molecule has 82 valence electrons. The van der Waals surface area contributed by atoms with Gasteiger partial charge in [-0.05, 0) is 12.8 Å². The molecule has 0 radical (unpaired) electrons. The third-order valence-electron chi connectivity index (χ3n) is 2.79. The molecule has 1 unspecified atom stereocenters. The average molecular weight is 198 g/mol. The van der Waals surface area contributed by atoms with Crippen molar-refractivity contribution in [1.29, 1.82) is 0 Å². The Morgan fingerprint density at radius 1 is 1.21 bits per heavy atom. The molecular formula is C12H22O2. The van der Waals surface area contributed by atoms with Crippen LogP contribution in [0.1, 0.15) is 39.0 Å². The minimum atomic E-state index is -0.0452. The van der Waals surface area contributed by atoms with E-state index in [4.69, 9.17) is 9.47 Å². The number of hydrogen-bond donors (Lipinski definition) is 0. The third kappa shape index (κ3) is 3.43. The van der Waals surface area contributed by atoms with Crippen LogP contribution in [0.15, 0.2) is 11.6 Å². The van der Waals surface area contributed by atoms with E-state index in [9.17, 15) is 0 Å². The number of methoxy groups -OCH3 is 2. The van der Waals surface area contributed by atoms with E-state index < -0.39 is 0 Å². The highest BCUT2D eigenvalue weighted by molar-refractivity contribution is 5.30. The van der Waals surface area contributed by atoms with E-state index in [1.165, 1.54) is 37.7 Å². The smallest absolute Gasteiger partial charge is 0.166 e. The SMILES string of the molecule is CCCCCCC1=CC1C(OC)OC. The maximum atomic E-state index is 5.21. The summed E-state index contributed by atoms with van der Waals surface area (Å²) < 4.78 is 10.4. The summed E-state index contributed by atoms with van der Waals surface area (Å²) in [6.45, 7) is 2.24. The summed E-state index contributed by atoms with van der Waals surface area (Å²) in [5, 5.41) is 0. The first-order valence-electron chi connectivity index (χ1n) is 5.59. The van der Waals surface area contributed by atoms with Crippen molar-refractivity contribution in [2.45, 2.75) is 45.3 Å². The second-order valence-electron chi connectivity index (χ2n) is 3.92. The molecule has 14 heavy (non-hydrogen) atoms. The van der Waals surface area contributed by atoms with Crippen molar-refractivity contribution in [3.63, 3.8) is 0 Å². The summed E-state index contributed by atoms with van der Waals surface area (Å²) in [5.74, 6) is 0.464. The van der Waals surface area contributed by atoms with Gasteiger partial charge in [-0.1, -0.05) is 37.8 Å². The molecule has 1 aliphatic carbocycles. The number of ether oxygens (including phenoxy) is 2. The van der Waals surface area contributed by atoms with Crippen molar-refractivity contribution < 1.29 is 9.47 Å². The zero-order chi connectivity index (χ0) is 10.4. The fourth-order valence-electron chi connectivity index (χ4n) is 1.83. The van der Waals surface area contributed by atoms with Crippen LogP contribution in [0.4, 0.5) is 0 Å². The largest absolute Gasteiger partial charge is 0.355 e. The second kappa shape index (κ2) is 6.20. The number of unbranched alkanes of at least 4 members (excludes halogenated alkanes) is 3. The Balaban J connectivity index is 2.04. The maximum Gasteiger partial charge on any atom is 0.166 e. The lowest BCUT2D eigenvalue weighted by Gasteiger charge is -2.13. The molecule has 1 aliphatic rings. The summed E-state index contributed by atoms with van der Waals surface area (Å²) in [5.41, 5.74) is 1.52. The fraction of sp³-hybridized carbons (Fsp3) is 0.833. The molecule has 0 fully saturated rings. The zero-order valence-corrected chi connectivity index (χ0v) is 9.58. The van der Waals surface area contributed by atoms with Gasteiger partial charge in [0, 0.05) is 20.1 Å². The third-order valence-corrected chi connectivity index (χ3v) is 2.79. The fourth-order valence-corrected chi connectivity index (χ4v) is 1.83. The minimum Gasteiger partial charge on any atom is -0.355 e. The first-order valence-corrected chi connectivity index (χ1v) is 5.59. The Bertz CT molecular complexity index is 183. The normalized spacial score (nSPS) is 20.0. The van der Waals surface area contributed by atoms with Crippen LogP contribution in [0.2, 0.25) is 0 Å². The van der Waals surface area contributed by atoms with Gasteiger partial charge in [-0.25, -0.2) is 0 Å². The van der Waals surface area contributed by atoms with E-state index in [1.807, 2.05) is 0 Å². The summed E-state index contributed by atoms with van der Waals surface area (Å²) in [6, 6.07) is 0. The van der Waals surface area contributed by atoms with Crippen molar-refractivity contribution in [3.8, 4) is 0 Å². The van der Waals surface area contributed by atoms with Gasteiger partial charge in [-0.3, -0.25) is 0 Å². The molecule has 0 saturated heterocycles. The van der Waals surface area contributed by atoms with Gasteiger partial charge >= 0.3 is 0 Å². The van der Waals surface area contributed by atoms with Crippen LogP contribution in [0.5, 0.6) is 0 Å². The van der Waals surface area contributed by atoms with E-state index in [-0.39, 0.29) is 6.29 Å². The van der Waals surface area contributed by atoms with E-state index >= 15 is 0 Å². The number of rotatable bonds is 8. The van der Waals surface area contributed by atoms with Crippen LogP contribution in [0.3, 0.4) is 0 Å². The lowest BCUT2D eigenvalue weighted by molar-refractivity contribution is -0.112. The Labute approximate surface area is 87.3 Å². The van der Waals surface area contributed by atoms with Gasteiger partial charge in [0.2, 0.25) is 0 Å². The Kier molecular flexibility index (Phi) is 5.20. The zero-order valence-electron chi connectivity index (χ0n) is 9.58. The van der Waals surface area contributed by atoms with Crippen LogP contribution in [-0.2, 0) is 9.47 Å². The number of hydrogen-bond acceptors (Lipinski definition) is 2. The monoisotopic (exact) mass is 198 g/mol. The van der Waals surface area contributed by atoms with Crippen molar-refractivity contribution in [2.75, 3.05) is 14.2 Å². The van der Waals surface area contributed by atoms with Gasteiger partial charge in [0.05, 0.1) is 0 Å². The molecular weight excluding hydrogens is 176 g/mol. The van der Waals surface area contributed by atoms with Gasteiger partial charge in [-0.15, -0.1) is 0 Å². The molecule has 0 aromatic carbocycles. The molecule has 0 aromatic heterocycles. The lowest BCUT2D eigenvalue weighted by Crippen LogP contribution is -2.17. The molecule has 0 aliphatic heterocycles. The van der Waals surface area contributed by atoms with Gasteiger partial charge in [0.1, 0.15) is 0 Å². The van der Waals surface area contributed by atoms with Crippen molar-refractivity contribution in [2.24, 2.45) is 5.92 Å². The Hall–Kier alpha value is -0.340. The highest BCUT2D eigenvalue weighted by Gasteiger charge is 2.32. The van der Waals surface area contributed by atoms with Gasteiger partial charge in [0.25, 0.3) is 0 Å². The molecule has 0 aromatic rings. The van der Waals surface area contributed by atoms with Crippen molar-refractivity contribution in [1.82, 2.24) is 0 Å². The summed E-state index contributed by atoms with van der Waals surface area (Å²) in [4.78, 5) is 0. The minimum absolute atomic E-state index is 0.0452. The van der Waals surface area contributed by atoms with Gasteiger partial charge < -0.3 is 9.47 Å². The predicted molar refractivity (Wildman–Crippen MR) is 58.1 cm³/mol. The summed E-state index contributed by atoms with van der Waals surface area (Å²) in [6.07, 6.45) is 8.78. The predicted octanol–water partition coefficient (Wildman–Crippen LogP) is 3.13. The van der Waals surface area contributed by atoms with Crippen LogP contribution < -0.4 is 0 Å². The molecule has 2 nitrogen and oxygen atoms in total. The molecule has 0 amide bonds. The molecule has 1 rings (SSSR count). The quantitative estimate of drug-likeness (QED) is 0.339. The molecule has 1 atom stereocenters. The van der Waals surface area contributed by atoms with E-state index in [0.29, 0.717) is 5.92 Å². The van der Waals surface area contributed by atoms with Gasteiger partial charge in [0.15, 0.2) is 6.29 Å².